The molecule has 0 rings (SSSR count). The zero-order chi connectivity index (χ0) is 8.85. The average molecular weight is 158 g/mol. The number of rotatable bonds is 5. The molecule has 0 spiro atoms. The molecule has 0 aliphatic heterocycles. The lowest BCUT2D eigenvalue weighted by Crippen LogP contribution is -2.42. The predicted octanol–water partition coefficient (Wildman–Crippen LogP) is 0.115. The van der Waals surface area contributed by atoms with Crippen molar-refractivity contribution in [3.05, 3.63) is 12.7 Å². The van der Waals surface area contributed by atoms with Crippen molar-refractivity contribution in [3.63, 3.8) is 0 Å². The Labute approximate surface area is 66.1 Å². The minimum atomic E-state index is -0.929. The van der Waals surface area contributed by atoms with Crippen LogP contribution in [0.25, 0.3) is 0 Å². The van der Waals surface area contributed by atoms with E-state index in [9.17, 15) is 4.79 Å². The van der Waals surface area contributed by atoms with Gasteiger partial charge in [0.1, 0.15) is 6.04 Å². The number of nitrogens with two attached hydrogens (primary N) is 1. The molecule has 0 bridgehead atoms. The molecule has 0 fully saturated rings. The van der Waals surface area contributed by atoms with Crippen molar-refractivity contribution in [2.75, 3.05) is 0 Å². The SMILES string of the molecule is C=CC(C)CC(NN)C(=O)O. The van der Waals surface area contributed by atoms with Gasteiger partial charge in [0.05, 0.1) is 0 Å². The first-order valence-corrected chi connectivity index (χ1v) is 3.43. The summed E-state index contributed by atoms with van der Waals surface area (Å²) >= 11 is 0. The van der Waals surface area contributed by atoms with Gasteiger partial charge < -0.3 is 5.11 Å². The number of aliphatic carboxylic acids is 1. The molecule has 64 valence electrons. The van der Waals surface area contributed by atoms with E-state index in [1.54, 1.807) is 6.08 Å². The molecule has 0 heterocycles. The minimum Gasteiger partial charge on any atom is -0.480 e. The topological polar surface area (TPSA) is 75.3 Å². The summed E-state index contributed by atoms with van der Waals surface area (Å²) in [5, 5.41) is 8.54. The molecule has 2 atom stereocenters. The fourth-order valence-electron chi connectivity index (χ4n) is 0.708. The summed E-state index contributed by atoms with van der Waals surface area (Å²) in [5.74, 6) is 4.24. The molecule has 0 saturated heterocycles. The van der Waals surface area contributed by atoms with E-state index in [0.717, 1.165) is 0 Å². The molecule has 2 unspecified atom stereocenters. The minimum absolute atomic E-state index is 0.159. The normalized spacial score (nSPS) is 15.5. The Morgan fingerprint density at radius 1 is 1.91 bits per heavy atom. The molecule has 0 aliphatic carbocycles. The average Bonchev–Trinajstić information content (AvgIpc) is 1.99. The van der Waals surface area contributed by atoms with Crippen LogP contribution >= 0.6 is 0 Å². The lowest BCUT2D eigenvalue weighted by molar-refractivity contribution is -0.139. The highest BCUT2D eigenvalue weighted by molar-refractivity contribution is 5.73. The van der Waals surface area contributed by atoms with Crippen LogP contribution < -0.4 is 11.3 Å². The second kappa shape index (κ2) is 4.87. The van der Waals surface area contributed by atoms with Crippen molar-refractivity contribution in [1.29, 1.82) is 0 Å². The summed E-state index contributed by atoms with van der Waals surface area (Å²) in [4.78, 5) is 10.4. The third-order valence-corrected chi connectivity index (χ3v) is 1.51. The molecular weight excluding hydrogens is 144 g/mol. The third kappa shape index (κ3) is 3.75. The number of carboxylic acids is 1. The highest BCUT2D eigenvalue weighted by Crippen LogP contribution is 2.05. The highest BCUT2D eigenvalue weighted by atomic mass is 16.4. The highest BCUT2D eigenvalue weighted by Gasteiger charge is 2.16. The summed E-state index contributed by atoms with van der Waals surface area (Å²) in [6.07, 6.45) is 2.17. The maximum atomic E-state index is 10.4. The predicted molar refractivity (Wildman–Crippen MR) is 42.7 cm³/mol. The van der Waals surface area contributed by atoms with Gasteiger partial charge in [-0.15, -0.1) is 6.58 Å². The lowest BCUT2D eigenvalue weighted by Gasteiger charge is -2.12. The van der Waals surface area contributed by atoms with Gasteiger partial charge in [-0.3, -0.25) is 10.6 Å². The Morgan fingerprint density at radius 3 is 2.73 bits per heavy atom. The second-order valence-electron chi connectivity index (χ2n) is 2.51. The number of nitrogens with one attached hydrogen (secondary N) is 1. The van der Waals surface area contributed by atoms with E-state index >= 15 is 0 Å². The number of carbonyl (C=O) groups is 1. The van der Waals surface area contributed by atoms with Gasteiger partial charge in [0, 0.05) is 0 Å². The van der Waals surface area contributed by atoms with Crippen LogP contribution in [0.15, 0.2) is 12.7 Å². The van der Waals surface area contributed by atoms with Crippen LogP contribution in [-0.4, -0.2) is 17.1 Å². The largest absolute Gasteiger partial charge is 0.480 e. The maximum absolute atomic E-state index is 10.4. The Kier molecular flexibility index (Phi) is 4.49. The fourth-order valence-corrected chi connectivity index (χ4v) is 0.708. The maximum Gasteiger partial charge on any atom is 0.322 e. The van der Waals surface area contributed by atoms with E-state index in [4.69, 9.17) is 10.9 Å². The van der Waals surface area contributed by atoms with Crippen molar-refractivity contribution in [3.8, 4) is 0 Å². The second-order valence-corrected chi connectivity index (χ2v) is 2.51. The van der Waals surface area contributed by atoms with E-state index < -0.39 is 12.0 Å². The van der Waals surface area contributed by atoms with Crippen LogP contribution in [0.4, 0.5) is 0 Å². The third-order valence-electron chi connectivity index (χ3n) is 1.51. The first kappa shape index (κ1) is 10.1. The van der Waals surface area contributed by atoms with Gasteiger partial charge in [0.25, 0.3) is 0 Å². The summed E-state index contributed by atoms with van der Waals surface area (Å²) in [5.41, 5.74) is 2.22. The van der Waals surface area contributed by atoms with E-state index in [-0.39, 0.29) is 5.92 Å². The van der Waals surface area contributed by atoms with E-state index in [0.29, 0.717) is 6.42 Å². The summed E-state index contributed by atoms with van der Waals surface area (Å²) in [6.45, 7) is 5.43. The van der Waals surface area contributed by atoms with Gasteiger partial charge in [-0.1, -0.05) is 13.0 Å². The lowest BCUT2D eigenvalue weighted by atomic mass is 10.0. The molecule has 0 aromatic heterocycles. The molecule has 0 aromatic rings. The molecule has 0 saturated carbocycles. The zero-order valence-electron chi connectivity index (χ0n) is 6.58. The number of hydrazine groups is 1. The Bertz CT molecular complexity index is 147. The van der Waals surface area contributed by atoms with Gasteiger partial charge >= 0.3 is 5.97 Å². The van der Waals surface area contributed by atoms with Crippen molar-refractivity contribution >= 4 is 5.97 Å². The number of hydrogen-bond donors (Lipinski definition) is 3. The van der Waals surface area contributed by atoms with Gasteiger partial charge in [0.2, 0.25) is 0 Å². The van der Waals surface area contributed by atoms with Crippen LogP contribution in [0.5, 0.6) is 0 Å². The van der Waals surface area contributed by atoms with E-state index in [1.165, 1.54) is 0 Å². The van der Waals surface area contributed by atoms with Crippen LogP contribution in [0.1, 0.15) is 13.3 Å². The Hall–Kier alpha value is -0.870. The van der Waals surface area contributed by atoms with Crippen LogP contribution in [0, 0.1) is 5.92 Å². The van der Waals surface area contributed by atoms with Gasteiger partial charge in [-0.05, 0) is 12.3 Å². The van der Waals surface area contributed by atoms with Crippen molar-refractivity contribution in [2.24, 2.45) is 11.8 Å². The molecule has 0 aliphatic rings. The van der Waals surface area contributed by atoms with Crippen LogP contribution in [0.3, 0.4) is 0 Å². The quantitative estimate of drug-likeness (QED) is 0.301. The van der Waals surface area contributed by atoms with E-state index in [2.05, 4.69) is 12.0 Å². The zero-order valence-corrected chi connectivity index (χ0v) is 6.58. The summed E-state index contributed by atoms with van der Waals surface area (Å²) in [6, 6.07) is -0.678. The summed E-state index contributed by atoms with van der Waals surface area (Å²) < 4.78 is 0. The monoisotopic (exact) mass is 158 g/mol. The molecule has 4 nitrogen and oxygen atoms in total. The Morgan fingerprint density at radius 2 is 2.45 bits per heavy atom. The molecule has 0 radical (unpaired) electrons. The van der Waals surface area contributed by atoms with Crippen LogP contribution in [-0.2, 0) is 4.79 Å². The van der Waals surface area contributed by atoms with Crippen molar-refractivity contribution in [2.45, 2.75) is 19.4 Å². The first-order chi connectivity index (χ1) is 5.11. The number of hydrogen-bond acceptors (Lipinski definition) is 3. The fraction of sp³-hybridized carbons (Fsp3) is 0.571. The smallest absolute Gasteiger partial charge is 0.322 e. The van der Waals surface area contributed by atoms with Gasteiger partial charge in [-0.2, -0.15) is 0 Å². The van der Waals surface area contributed by atoms with Crippen molar-refractivity contribution in [1.82, 2.24) is 5.43 Å². The molecule has 0 aromatic carbocycles. The van der Waals surface area contributed by atoms with E-state index in [1.807, 2.05) is 6.92 Å². The van der Waals surface area contributed by atoms with Crippen molar-refractivity contribution < 1.29 is 9.90 Å². The molecular formula is C7H14N2O2. The van der Waals surface area contributed by atoms with Gasteiger partial charge in [0.15, 0.2) is 0 Å². The first-order valence-electron chi connectivity index (χ1n) is 3.43. The molecule has 4 N–H and O–H groups in total. The molecule has 4 heteroatoms. The summed E-state index contributed by atoms with van der Waals surface area (Å²) in [7, 11) is 0. The van der Waals surface area contributed by atoms with Crippen LogP contribution in [0.2, 0.25) is 0 Å². The van der Waals surface area contributed by atoms with Gasteiger partial charge in [-0.25, -0.2) is 5.43 Å². The molecule has 11 heavy (non-hydrogen) atoms. The number of allylic oxidation sites excluding steroid dienone is 1. The number of carboxylic acid groups (broad SMARTS) is 1. The molecule has 0 amide bonds. The standard InChI is InChI=1S/C7H14N2O2/c1-3-5(2)4-6(9-8)7(10)11/h3,5-6,9H,1,4,8H2,2H3,(H,10,11). The Balaban J connectivity index is 3.87.